The first-order chi connectivity index (χ1) is 11.9. The number of benzene rings is 1. The molecule has 5 nitrogen and oxygen atoms in total. The second-order valence-electron chi connectivity index (χ2n) is 6.67. The van der Waals surface area contributed by atoms with Gasteiger partial charge < -0.3 is 9.88 Å². The number of carbonyl (C=O) groups is 1. The first-order valence-corrected chi connectivity index (χ1v) is 8.61. The maximum atomic E-state index is 14.0. The summed E-state index contributed by atoms with van der Waals surface area (Å²) in [5.74, 6) is 0.855. The summed E-state index contributed by atoms with van der Waals surface area (Å²) in [6.45, 7) is 5.54. The van der Waals surface area contributed by atoms with Gasteiger partial charge in [-0.25, -0.2) is 9.37 Å². The number of likely N-dealkylation sites (N-methyl/N-ethyl adjacent to an activating group) is 1. The molecule has 0 aliphatic rings. The quantitative estimate of drug-likeness (QED) is 0.748. The van der Waals surface area contributed by atoms with E-state index in [0.717, 1.165) is 18.8 Å². The molecule has 0 saturated heterocycles. The number of nitrogens with one attached hydrogen (secondary N) is 1. The summed E-state index contributed by atoms with van der Waals surface area (Å²) < 4.78 is 16.1. The Morgan fingerprint density at radius 3 is 2.68 bits per heavy atom. The Kier molecular flexibility index (Phi) is 6.70. The van der Waals surface area contributed by atoms with E-state index in [4.69, 9.17) is 0 Å². The van der Waals surface area contributed by atoms with Crippen LogP contribution >= 0.6 is 0 Å². The smallest absolute Gasteiger partial charge is 0.242 e. The molecular formula is C19H27FN4O. The SMILES string of the molecule is CC(C)c1nccn1CCCNC(=O)[C@@H](c1ccccc1F)N(C)C. The van der Waals surface area contributed by atoms with E-state index in [2.05, 4.69) is 28.7 Å². The highest BCUT2D eigenvalue weighted by Crippen LogP contribution is 2.21. The average molecular weight is 346 g/mol. The predicted molar refractivity (Wildman–Crippen MR) is 96.8 cm³/mol. The van der Waals surface area contributed by atoms with Crippen LogP contribution in [0.25, 0.3) is 0 Å². The van der Waals surface area contributed by atoms with Crippen LogP contribution in [0.4, 0.5) is 4.39 Å². The van der Waals surface area contributed by atoms with Gasteiger partial charge in [0.15, 0.2) is 0 Å². The number of rotatable bonds is 8. The Balaban J connectivity index is 1.92. The normalized spacial score (nSPS) is 12.6. The number of halogens is 1. The molecule has 1 aromatic carbocycles. The van der Waals surface area contributed by atoms with Gasteiger partial charge in [-0.3, -0.25) is 9.69 Å². The standard InChI is InChI=1S/C19H27FN4O/c1-14(2)18-21-11-13-24(18)12-7-10-22-19(25)17(23(3)4)15-8-5-6-9-16(15)20/h5-6,8-9,11,13-14,17H,7,10,12H2,1-4H3,(H,22,25)/t17-/m1/s1. The number of hydrogen-bond donors (Lipinski definition) is 1. The lowest BCUT2D eigenvalue weighted by Gasteiger charge is -2.24. The monoisotopic (exact) mass is 346 g/mol. The third kappa shape index (κ3) is 4.89. The summed E-state index contributed by atoms with van der Waals surface area (Å²) >= 11 is 0. The Hall–Kier alpha value is -2.21. The zero-order valence-electron chi connectivity index (χ0n) is 15.4. The molecule has 2 aromatic rings. The molecule has 0 spiro atoms. The molecule has 1 N–H and O–H groups in total. The molecule has 0 aliphatic heterocycles. The van der Waals surface area contributed by atoms with E-state index in [-0.39, 0.29) is 11.7 Å². The van der Waals surface area contributed by atoms with Crippen molar-refractivity contribution in [2.45, 2.75) is 38.8 Å². The Labute approximate surface area is 148 Å². The van der Waals surface area contributed by atoms with E-state index < -0.39 is 6.04 Å². The van der Waals surface area contributed by atoms with Gasteiger partial charge in [-0.2, -0.15) is 0 Å². The van der Waals surface area contributed by atoms with Crippen molar-refractivity contribution in [2.24, 2.45) is 0 Å². The lowest BCUT2D eigenvalue weighted by atomic mass is 10.0. The van der Waals surface area contributed by atoms with Crippen LogP contribution in [0.1, 0.15) is 43.6 Å². The molecule has 2 rings (SSSR count). The third-order valence-corrected chi connectivity index (χ3v) is 4.10. The van der Waals surface area contributed by atoms with Crippen LogP contribution in [0.2, 0.25) is 0 Å². The first kappa shape index (κ1) is 19.1. The molecule has 0 fully saturated rings. The van der Waals surface area contributed by atoms with Crippen LogP contribution in [0.15, 0.2) is 36.7 Å². The van der Waals surface area contributed by atoms with E-state index in [1.165, 1.54) is 6.07 Å². The summed E-state index contributed by atoms with van der Waals surface area (Å²) in [5.41, 5.74) is 0.390. The minimum absolute atomic E-state index is 0.190. The summed E-state index contributed by atoms with van der Waals surface area (Å²) in [7, 11) is 3.55. The lowest BCUT2D eigenvalue weighted by molar-refractivity contribution is -0.125. The summed E-state index contributed by atoms with van der Waals surface area (Å²) in [6.07, 6.45) is 4.55. The van der Waals surface area contributed by atoms with Crippen molar-refractivity contribution < 1.29 is 9.18 Å². The van der Waals surface area contributed by atoms with Crippen molar-refractivity contribution >= 4 is 5.91 Å². The molecule has 0 aliphatic carbocycles. The number of nitrogens with zero attached hydrogens (tertiary/aromatic N) is 3. The Morgan fingerprint density at radius 2 is 2.04 bits per heavy atom. The van der Waals surface area contributed by atoms with E-state index in [1.807, 2.05) is 6.20 Å². The molecule has 25 heavy (non-hydrogen) atoms. The zero-order valence-corrected chi connectivity index (χ0v) is 15.4. The van der Waals surface area contributed by atoms with Crippen molar-refractivity contribution in [3.63, 3.8) is 0 Å². The van der Waals surface area contributed by atoms with Crippen LogP contribution in [0.5, 0.6) is 0 Å². The van der Waals surface area contributed by atoms with Crippen LogP contribution in [-0.4, -0.2) is 41.0 Å². The highest BCUT2D eigenvalue weighted by molar-refractivity contribution is 5.83. The molecule has 0 radical (unpaired) electrons. The minimum Gasteiger partial charge on any atom is -0.354 e. The molecule has 1 atom stereocenters. The lowest BCUT2D eigenvalue weighted by Crippen LogP contribution is -2.38. The largest absolute Gasteiger partial charge is 0.354 e. The van der Waals surface area contributed by atoms with Crippen LogP contribution in [0, 0.1) is 5.82 Å². The molecule has 0 unspecified atom stereocenters. The van der Waals surface area contributed by atoms with Crippen molar-refractivity contribution in [1.29, 1.82) is 0 Å². The highest BCUT2D eigenvalue weighted by Gasteiger charge is 2.25. The van der Waals surface area contributed by atoms with Gasteiger partial charge in [0.2, 0.25) is 5.91 Å². The number of imidazole rings is 1. The Bertz CT molecular complexity index is 696. The van der Waals surface area contributed by atoms with Crippen molar-refractivity contribution in [3.05, 3.63) is 53.9 Å². The number of carbonyl (C=O) groups excluding carboxylic acids is 1. The fourth-order valence-corrected chi connectivity index (χ4v) is 2.92. The predicted octanol–water partition coefficient (Wildman–Crippen LogP) is 2.95. The van der Waals surface area contributed by atoms with Crippen molar-refractivity contribution in [2.75, 3.05) is 20.6 Å². The van der Waals surface area contributed by atoms with Crippen molar-refractivity contribution in [1.82, 2.24) is 19.8 Å². The van der Waals surface area contributed by atoms with Crippen LogP contribution in [-0.2, 0) is 11.3 Å². The summed E-state index contributed by atoms with van der Waals surface area (Å²) in [4.78, 5) is 18.6. The topological polar surface area (TPSA) is 50.2 Å². The first-order valence-electron chi connectivity index (χ1n) is 8.61. The summed E-state index contributed by atoms with van der Waals surface area (Å²) in [5, 5.41) is 2.92. The van der Waals surface area contributed by atoms with Gasteiger partial charge in [0.05, 0.1) is 0 Å². The number of hydrogen-bond acceptors (Lipinski definition) is 3. The molecular weight excluding hydrogens is 319 g/mol. The third-order valence-electron chi connectivity index (χ3n) is 4.10. The second kappa shape index (κ2) is 8.76. The molecule has 6 heteroatoms. The fraction of sp³-hybridized carbons (Fsp3) is 0.474. The van der Waals surface area contributed by atoms with E-state index in [0.29, 0.717) is 18.0 Å². The highest BCUT2D eigenvalue weighted by atomic mass is 19.1. The molecule has 1 heterocycles. The van der Waals surface area contributed by atoms with Gasteiger partial charge in [0, 0.05) is 37.0 Å². The summed E-state index contributed by atoms with van der Waals surface area (Å²) in [6, 6.07) is 5.77. The van der Waals surface area contributed by atoms with E-state index in [9.17, 15) is 9.18 Å². The van der Waals surface area contributed by atoms with Gasteiger partial charge in [-0.1, -0.05) is 32.0 Å². The van der Waals surface area contributed by atoms with Gasteiger partial charge >= 0.3 is 0 Å². The van der Waals surface area contributed by atoms with Gasteiger partial charge in [0.1, 0.15) is 17.7 Å². The Morgan fingerprint density at radius 1 is 1.32 bits per heavy atom. The van der Waals surface area contributed by atoms with Gasteiger partial charge in [-0.05, 0) is 26.6 Å². The van der Waals surface area contributed by atoms with E-state index >= 15 is 0 Å². The molecule has 1 amide bonds. The molecule has 0 saturated carbocycles. The average Bonchev–Trinajstić information content (AvgIpc) is 3.02. The van der Waals surface area contributed by atoms with E-state index in [1.54, 1.807) is 43.4 Å². The zero-order chi connectivity index (χ0) is 18.4. The van der Waals surface area contributed by atoms with Crippen LogP contribution < -0.4 is 5.32 Å². The molecule has 0 bridgehead atoms. The van der Waals surface area contributed by atoms with Crippen molar-refractivity contribution in [3.8, 4) is 0 Å². The van der Waals surface area contributed by atoms with Crippen LogP contribution in [0.3, 0.4) is 0 Å². The maximum absolute atomic E-state index is 14.0. The number of aromatic nitrogens is 2. The minimum atomic E-state index is -0.638. The number of aryl methyl sites for hydroxylation is 1. The maximum Gasteiger partial charge on any atom is 0.242 e. The molecule has 1 aromatic heterocycles. The second-order valence-corrected chi connectivity index (χ2v) is 6.67. The van der Waals surface area contributed by atoms with Gasteiger partial charge in [0.25, 0.3) is 0 Å². The fourth-order valence-electron chi connectivity index (χ4n) is 2.92. The molecule has 136 valence electrons. The number of amides is 1. The van der Waals surface area contributed by atoms with Gasteiger partial charge in [-0.15, -0.1) is 0 Å².